The van der Waals surface area contributed by atoms with Gasteiger partial charge in [0.05, 0.1) is 25.9 Å². The van der Waals surface area contributed by atoms with E-state index in [-0.39, 0.29) is 18.1 Å². The molecule has 1 N–H and O–H groups in total. The molecule has 0 aliphatic carbocycles. The highest BCUT2D eigenvalue weighted by molar-refractivity contribution is 5.75. The van der Waals surface area contributed by atoms with Crippen molar-refractivity contribution in [1.29, 1.82) is 0 Å². The Morgan fingerprint density at radius 2 is 2.08 bits per heavy atom. The molecule has 0 bridgehead atoms. The lowest BCUT2D eigenvalue weighted by atomic mass is 10.0. The number of nitrogens with zero attached hydrogens (tertiary/aromatic N) is 1. The molecule has 2 atom stereocenters. The molecule has 132 valence electrons. The van der Waals surface area contributed by atoms with Gasteiger partial charge in [-0.1, -0.05) is 18.2 Å². The zero-order valence-electron chi connectivity index (χ0n) is 14.2. The summed E-state index contributed by atoms with van der Waals surface area (Å²) in [5, 5.41) is 3.16. The van der Waals surface area contributed by atoms with E-state index in [1.165, 1.54) is 0 Å². The number of hydrogen-bond acceptors (Lipinski definition) is 4. The minimum Gasteiger partial charge on any atom is -0.493 e. The van der Waals surface area contributed by atoms with Crippen molar-refractivity contribution in [2.45, 2.75) is 25.4 Å². The third-order valence-electron chi connectivity index (χ3n) is 4.74. The van der Waals surface area contributed by atoms with Gasteiger partial charge in [0.15, 0.2) is 0 Å². The molecular formula is C19H22N2O4. The van der Waals surface area contributed by atoms with Gasteiger partial charge in [-0.25, -0.2) is 4.79 Å². The van der Waals surface area contributed by atoms with Crippen molar-refractivity contribution in [3.8, 4) is 5.75 Å². The number of nitrogens with one attached hydrogen (secondary N) is 1. The van der Waals surface area contributed by atoms with E-state index in [1.54, 1.807) is 4.90 Å². The molecule has 2 amide bonds. The van der Waals surface area contributed by atoms with Crippen LogP contribution in [0.5, 0.6) is 5.75 Å². The molecule has 0 saturated carbocycles. The fourth-order valence-corrected chi connectivity index (χ4v) is 3.44. The van der Waals surface area contributed by atoms with E-state index in [9.17, 15) is 4.79 Å². The lowest BCUT2D eigenvalue weighted by Gasteiger charge is -2.36. The first kappa shape index (κ1) is 16.0. The third kappa shape index (κ3) is 3.22. The number of para-hydroxylation sites is 1. The van der Waals surface area contributed by atoms with Crippen LogP contribution in [0.3, 0.4) is 0 Å². The van der Waals surface area contributed by atoms with Crippen molar-refractivity contribution in [1.82, 2.24) is 10.2 Å². The first-order chi connectivity index (χ1) is 12.2. The molecule has 1 aromatic heterocycles. The van der Waals surface area contributed by atoms with Gasteiger partial charge in [0, 0.05) is 18.5 Å². The number of amides is 2. The minimum absolute atomic E-state index is 0.0423. The van der Waals surface area contributed by atoms with Gasteiger partial charge < -0.3 is 24.1 Å². The van der Waals surface area contributed by atoms with Crippen LogP contribution < -0.4 is 10.1 Å². The number of ether oxygens (including phenoxy) is 2. The van der Waals surface area contributed by atoms with E-state index in [1.807, 2.05) is 43.3 Å². The molecule has 1 saturated heterocycles. The molecular weight excluding hydrogens is 320 g/mol. The molecule has 4 rings (SSSR count). The second-order valence-electron chi connectivity index (χ2n) is 6.41. The summed E-state index contributed by atoms with van der Waals surface area (Å²) < 4.78 is 17.0. The predicted molar refractivity (Wildman–Crippen MR) is 91.5 cm³/mol. The maximum absolute atomic E-state index is 12.9. The van der Waals surface area contributed by atoms with Crippen molar-refractivity contribution >= 4 is 6.03 Å². The summed E-state index contributed by atoms with van der Waals surface area (Å²) >= 11 is 0. The molecule has 6 nitrogen and oxygen atoms in total. The summed E-state index contributed by atoms with van der Waals surface area (Å²) in [5.41, 5.74) is 1.03. The van der Waals surface area contributed by atoms with Crippen molar-refractivity contribution in [2.75, 3.05) is 26.4 Å². The number of fused-ring (bicyclic) bond motifs is 1. The van der Waals surface area contributed by atoms with E-state index in [0.29, 0.717) is 26.4 Å². The monoisotopic (exact) mass is 342 g/mol. The van der Waals surface area contributed by atoms with Gasteiger partial charge in [0.1, 0.15) is 23.3 Å². The Bertz CT molecular complexity index is 757. The highest BCUT2D eigenvalue weighted by atomic mass is 16.5. The van der Waals surface area contributed by atoms with Crippen molar-refractivity contribution < 1.29 is 18.7 Å². The molecule has 2 unspecified atom stereocenters. The Hall–Kier alpha value is -2.47. The van der Waals surface area contributed by atoms with Crippen LogP contribution in [-0.4, -0.2) is 37.3 Å². The molecule has 3 heterocycles. The van der Waals surface area contributed by atoms with Crippen LogP contribution >= 0.6 is 0 Å². The molecule has 2 aliphatic rings. The Balaban J connectivity index is 1.52. The molecule has 0 spiro atoms. The number of furan rings is 1. The van der Waals surface area contributed by atoms with Crippen LogP contribution in [0.1, 0.15) is 35.6 Å². The first-order valence-electron chi connectivity index (χ1n) is 8.65. The van der Waals surface area contributed by atoms with E-state index >= 15 is 0 Å². The molecule has 1 fully saturated rings. The number of aryl methyl sites for hydroxylation is 1. The lowest BCUT2D eigenvalue weighted by Crippen LogP contribution is -2.49. The lowest BCUT2D eigenvalue weighted by molar-refractivity contribution is 0.00320. The SMILES string of the molecule is Cc1ccc(C2COCCN2C(=O)NC2CCOc3ccccc32)o1. The Kier molecular flexibility index (Phi) is 4.36. The minimum atomic E-state index is -0.197. The summed E-state index contributed by atoms with van der Waals surface area (Å²) in [7, 11) is 0. The summed E-state index contributed by atoms with van der Waals surface area (Å²) in [6.07, 6.45) is 0.762. The Morgan fingerprint density at radius 3 is 2.92 bits per heavy atom. The number of hydrogen-bond donors (Lipinski definition) is 1. The highest BCUT2D eigenvalue weighted by Crippen LogP contribution is 2.32. The standard InChI is InChI=1S/C19H22N2O4/c1-13-6-7-18(25-13)16-12-23-11-9-21(16)19(22)20-15-8-10-24-17-5-3-2-4-14(15)17/h2-7,15-16H,8-12H2,1H3,(H,20,22). The first-order valence-corrected chi connectivity index (χ1v) is 8.65. The number of urea groups is 1. The van der Waals surface area contributed by atoms with E-state index in [0.717, 1.165) is 29.3 Å². The van der Waals surface area contributed by atoms with Gasteiger partial charge in [-0.3, -0.25) is 0 Å². The van der Waals surface area contributed by atoms with Gasteiger partial charge in [0.25, 0.3) is 0 Å². The average Bonchev–Trinajstić information content (AvgIpc) is 3.08. The largest absolute Gasteiger partial charge is 0.493 e. The Morgan fingerprint density at radius 1 is 1.20 bits per heavy atom. The maximum Gasteiger partial charge on any atom is 0.318 e. The van der Waals surface area contributed by atoms with Crippen molar-refractivity contribution in [3.05, 3.63) is 53.5 Å². The van der Waals surface area contributed by atoms with Crippen LogP contribution in [0.15, 0.2) is 40.8 Å². The highest BCUT2D eigenvalue weighted by Gasteiger charge is 2.33. The van der Waals surface area contributed by atoms with Crippen LogP contribution in [0, 0.1) is 6.92 Å². The van der Waals surface area contributed by atoms with Gasteiger partial charge in [-0.05, 0) is 25.1 Å². The number of carbonyl (C=O) groups is 1. The van der Waals surface area contributed by atoms with Crippen molar-refractivity contribution in [2.24, 2.45) is 0 Å². The number of rotatable bonds is 2. The third-order valence-corrected chi connectivity index (χ3v) is 4.74. The number of benzene rings is 1. The smallest absolute Gasteiger partial charge is 0.318 e. The fourth-order valence-electron chi connectivity index (χ4n) is 3.44. The molecule has 25 heavy (non-hydrogen) atoms. The summed E-state index contributed by atoms with van der Waals surface area (Å²) in [6, 6.07) is 11.4. The topological polar surface area (TPSA) is 63.9 Å². The van der Waals surface area contributed by atoms with Gasteiger partial charge >= 0.3 is 6.03 Å². The Labute approximate surface area is 146 Å². The molecule has 2 aromatic rings. The normalized spacial score (nSPS) is 22.8. The van der Waals surface area contributed by atoms with Crippen molar-refractivity contribution in [3.63, 3.8) is 0 Å². The van der Waals surface area contributed by atoms with Gasteiger partial charge in [-0.2, -0.15) is 0 Å². The molecule has 0 radical (unpaired) electrons. The zero-order valence-corrected chi connectivity index (χ0v) is 14.2. The maximum atomic E-state index is 12.9. The van der Waals surface area contributed by atoms with Crippen LogP contribution in [0.2, 0.25) is 0 Å². The van der Waals surface area contributed by atoms with Crippen LogP contribution in [0.25, 0.3) is 0 Å². The quantitative estimate of drug-likeness (QED) is 0.910. The zero-order chi connectivity index (χ0) is 17.2. The predicted octanol–water partition coefficient (Wildman–Crippen LogP) is 3.19. The fraction of sp³-hybridized carbons (Fsp3) is 0.421. The number of morpholine rings is 1. The summed E-state index contributed by atoms with van der Waals surface area (Å²) in [6.45, 7) is 4.03. The second kappa shape index (κ2) is 6.80. The summed E-state index contributed by atoms with van der Waals surface area (Å²) in [4.78, 5) is 14.7. The molecule has 6 heteroatoms. The molecule has 1 aromatic carbocycles. The van der Waals surface area contributed by atoms with Gasteiger partial charge in [0.2, 0.25) is 0 Å². The average molecular weight is 342 g/mol. The second-order valence-corrected chi connectivity index (χ2v) is 6.41. The van der Waals surface area contributed by atoms with E-state index in [2.05, 4.69) is 5.32 Å². The van der Waals surface area contributed by atoms with Crippen LogP contribution in [0.4, 0.5) is 4.79 Å². The van der Waals surface area contributed by atoms with E-state index < -0.39 is 0 Å². The summed E-state index contributed by atoms with van der Waals surface area (Å²) in [5.74, 6) is 2.44. The van der Waals surface area contributed by atoms with E-state index in [4.69, 9.17) is 13.9 Å². The van der Waals surface area contributed by atoms with Gasteiger partial charge in [-0.15, -0.1) is 0 Å². The molecule has 2 aliphatic heterocycles. The van der Waals surface area contributed by atoms with Crippen LogP contribution in [-0.2, 0) is 4.74 Å². The number of carbonyl (C=O) groups excluding carboxylic acids is 1.